The summed E-state index contributed by atoms with van der Waals surface area (Å²) in [6.45, 7) is 1.62. The molecule has 0 spiro atoms. The van der Waals surface area contributed by atoms with Crippen LogP contribution >= 0.6 is 11.8 Å². The molecule has 1 aromatic rings. The van der Waals surface area contributed by atoms with Crippen LogP contribution in [0.5, 0.6) is 0 Å². The molecule has 112 valence electrons. The quantitative estimate of drug-likeness (QED) is 0.795. The summed E-state index contributed by atoms with van der Waals surface area (Å²) in [5.41, 5.74) is 2.52. The van der Waals surface area contributed by atoms with E-state index in [-0.39, 0.29) is 30.0 Å². The van der Waals surface area contributed by atoms with Gasteiger partial charge in [-0.15, -0.1) is 0 Å². The van der Waals surface area contributed by atoms with E-state index in [9.17, 15) is 18.0 Å². The number of nitrogens with two attached hydrogens (primary N) is 1. The van der Waals surface area contributed by atoms with Crippen LogP contribution in [0.15, 0.2) is 30.3 Å². The Morgan fingerprint density at radius 2 is 1.95 bits per heavy atom. The van der Waals surface area contributed by atoms with Crippen molar-refractivity contribution in [2.45, 2.75) is 18.5 Å². The zero-order valence-corrected chi connectivity index (χ0v) is 11.8. The van der Waals surface area contributed by atoms with E-state index in [1.807, 2.05) is 30.3 Å². The molecule has 0 radical (unpaired) electrons. The summed E-state index contributed by atoms with van der Waals surface area (Å²) in [6.07, 6.45) is 0. The first kappa shape index (κ1) is 16.8. The van der Waals surface area contributed by atoms with Crippen LogP contribution in [0.25, 0.3) is 0 Å². The lowest BCUT2D eigenvalue weighted by molar-refractivity contribution is -0.125. The van der Waals surface area contributed by atoms with Gasteiger partial charge in [-0.2, -0.15) is 13.2 Å². The summed E-state index contributed by atoms with van der Waals surface area (Å²) in [5, 5.41) is 2.47. The van der Waals surface area contributed by atoms with Crippen LogP contribution < -0.4 is 11.1 Å². The summed E-state index contributed by atoms with van der Waals surface area (Å²) >= 11 is -0.154. The van der Waals surface area contributed by atoms with Crippen molar-refractivity contribution >= 4 is 17.7 Å². The van der Waals surface area contributed by atoms with Crippen molar-refractivity contribution in [3.8, 4) is 0 Å². The molecule has 0 saturated heterocycles. The van der Waals surface area contributed by atoms with E-state index in [1.54, 1.807) is 6.92 Å². The average molecular weight is 306 g/mol. The van der Waals surface area contributed by atoms with Crippen LogP contribution in [0.1, 0.15) is 18.5 Å². The van der Waals surface area contributed by atoms with Gasteiger partial charge in [0.05, 0.1) is 5.92 Å². The smallest absolute Gasteiger partial charge is 0.355 e. The van der Waals surface area contributed by atoms with Crippen molar-refractivity contribution < 1.29 is 18.0 Å². The summed E-state index contributed by atoms with van der Waals surface area (Å²) in [4.78, 5) is 11.8. The molecule has 3 nitrogen and oxygen atoms in total. The van der Waals surface area contributed by atoms with Crippen LogP contribution in [0, 0.1) is 5.92 Å². The molecule has 20 heavy (non-hydrogen) atoms. The van der Waals surface area contributed by atoms with Crippen molar-refractivity contribution in [2.75, 3.05) is 12.3 Å². The standard InChI is InChI=1S/C13H17F3N2OS/c1-9(11(17)10-5-3-2-4-6-10)12(19)18-7-8-20-13(14,15)16/h2-6,9,11H,7-8,17H2,1H3,(H,18,19). The number of benzene rings is 1. The monoisotopic (exact) mass is 306 g/mol. The first-order valence-electron chi connectivity index (χ1n) is 6.10. The highest BCUT2D eigenvalue weighted by atomic mass is 32.2. The molecule has 0 heterocycles. The summed E-state index contributed by atoms with van der Waals surface area (Å²) < 4.78 is 35.8. The highest BCUT2D eigenvalue weighted by molar-refractivity contribution is 8.00. The van der Waals surface area contributed by atoms with Gasteiger partial charge in [-0.3, -0.25) is 4.79 Å². The van der Waals surface area contributed by atoms with E-state index in [0.29, 0.717) is 0 Å². The number of carbonyl (C=O) groups is 1. The number of halogens is 3. The van der Waals surface area contributed by atoms with E-state index in [0.717, 1.165) is 5.56 Å². The lowest BCUT2D eigenvalue weighted by atomic mass is 9.95. The number of alkyl halides is 3. The second-order valence-corrected chi connectivity index (χ2v) is 5.47. The molecule has 1 rings (SSSR count). The molecule has 1 amide bonds. The van der Waals surface area contributed by atoms with Crippen molar-refractivity contribution in [1.29, 1.82) is 0 Å². The molecule has 0 aliphatic heterocycles. The van der Waals surface area contributed by atoms with Gasteiger partial charge in [-0.1, -0.05) is 37.3 Å². The predicted octanol–water partition coefficient (Wildman–Crippen LogP) is 2.69. The van der Waals surface area contributed by atoms with Crippen molar-refractivity contribution in [3.63, 3.8) is 0 Å². The number of carbonyl (C=O) groups excluding carboxylic acids is 1. The van der Waals surface area contributed by atoms with Crippen molar-refractivity contribution in [2.24, 2.45) is 11.7 Å². The van der Waals surface area contributed by atoms with Gasteiger partial charge >= 0.3 is 5.51 Å². The first-order valence-corrected chi connectivity index (χ1v) is 7.09. The molecular weight excluding hydrogens is 289 g/mol. The number of amides is 1. The van der Waals surface area contributed by atoms with Crippen LogP contribution in [0.4, 0.5) is 13.2 Å². The Bertz CT molecular complexity index is 425. The van der Waals surface area contributed by atoms with Gasteiger partial charge in [0.15, 0.2) is 0 Å². The summed E-state index contributed by atoms with van der Waals surface area (Å²) in [7, 11) is 0. The molecule has 0 saturated carbocycles. The maximum Gasteiger partial charge on any atom is 0.441 e. The minimum atomic E-state index is -4.27. The second-order valence-electron chi connectivity index (χ2n) is 4.31. The third-order valence-corrected chi connectivity index (χ3v) is 3.54. The molecule has 0 bridgehead atoms. The number of rotatable bonds is 6. The van der Waals surface area contributed by atoms with Gasteiger partial charge in [-0.25, -0.2) is 0 Å². The zero-order chi connectivity index (χ0) is 15.2. The number of hydrogen-bond acceptors (Lipinski definition) is 3. The van der Waals surface area contributed by atoms with Gasteiger partial charge in [0.1, 0.15) is 0 Å². The molecule has 0 aliphatic carbocycles. The van der Waals surface area contributed by atoms with E-state index < -0.39 is 17.5 Å². The Morgan fingerprint density at radius 1 is 1.35 bits per heavy atom. The molecule has 2 atom stereocenters. The normalized spacial score (nSPS) is 14.7. The molecule has 0 fully saturated rings. The number of nitrogens with one attached hydrogen (secondary N) is 1. The fourth-order valence-corrected chi connectivity index (χ4v) is 2.06. The highest BCUT2D eigenvalue weighted by Gasteiger charge is 2.28. The molecule has 0 aromatic heterocycles. The van der Waals surface area contributed by atoms with E-state index in [2.05, 4.69) is 5.32 Å². The fraction of sp³-hybridized carbons (Fsp3) is 0.462. The molecule has 0 aliphatic rings. The Labute approximate surface area is 120 Å². The van der Waals surface area contributed by atoms with Crippen LogP contribution in [-0.2, 0) is 4.79 Å². The minimum absolute atomic E-state index is 0.0329. The van der Waals surface area contributed by atoms with Gasteiger partial charge < -0.3 is 11.1 Å². The molecule has 3 N–H and O–H groups in total. The minimum Gasteiger partial charge on any atom is -0.355 e. The third kappa shape index (κ3) is 5.83. The van der Waals surface area contributed by atoms with Gasteiger partial charge in [0.25, 0.3) is 0 Å². The van der Waals surface area contributed by atoms with Gasteiger partial charge in [-0.05, 0) is 17.3 Å². The SMILES string of the molecule is CC(C(=O)NCCSC(F)(F)F)C(N)c1ccccc1. The lowest BCUT2D eigenvalue weighted by Crippen LogP contribution is -2.36. The summed E-state index contributed by atoms with van der Waals surface area (Å²) in [6, 6.07) is 8.63. The average Bonchev–Trinajstić information content (AvgIpc) is 2.41. The predicted molar refractivity (Wildman–Crippen MR) is 74.1 cm³/mol. The fourth-order valence-electron chi connectivity index (χ4n) is 1.63. The number of thioether (sulfide) groups is 1. The lowest BCUT2D eigenvalue weighted by Gasteiger charge is -2.19. The largest absolute Gasteiger partial charge is 0.441 e. The van der Waals surface area contributed by atoms with Crippen LogP contribution in [0.3, 0.4) is 0 Å². The Morgan fingerprint density at radius 3 is 2.50 bits per heavy atom. The van der Waals surface area contributed by atoms with Gasteiger partial charge in [0, 0.05) is 18.3 Å². The van der Waals surface area contributed by atoms with E-state index in [4.69, 9.17) is 5.73 Å². The van der Waals surface area contributed by atoms with Crippen molar-refractivity contribution in [3.05, 3.63) is 35.9 Å². The maximum absolute atomic E-state index is 11.9. The first-order chi connectivity index (χ1) is 9.31. The van der Waals surface area contributed by atoms with Crippen molar-refractivity contribution in [1.82, 2.24) is 5.32 Å². The highest BCUT2D eigenvalue weighted by Crippen LogP contribution is 2.29. The molecule has 2 unspecified atom stereocenters. The summed E-state index contributed by atoms with van der Waals surface area (Å²) in [5.74, 6) is -1.06. The molecule has 7 heteroatoms. The third-order valence-electron chi connectivity index (χ3n) is 2.80. The number of hydrogen-bond donors (Lipinski definition) is 2. The Hall–Kier alpha value is -1.21. The zero-order valence-electron chi connectivity index (χ0n) is 11.0. The maximum atomic E-state index is 11.9. The Balaban J connectivity index is 2.39. The molecular formula is C13H17F3N2OS. The van der Waals surface area contributed by atoms with Gasteiger partial charge in [0.2, 0.25) is 5.91 Å². The van der Waals surface area contributed by atoms with E-state index >= 15 is 0 Å². The second kappa shape index (κ2) is 7.54. The van der Waals surface area contributed by atoms with Crippen LogP contribution in [0.2, 0.25) is 0 Å². The van der Waals surface area contributed by atoms with Crippen LogP contribution in [-0.4, -0.2) is 23.7 Å². The van der Waals surface area contributed by atoms with E-state index in [1.165, 1.54) is 0 Å². The molecule has 1 aromatic carbocycles. The topological polar surface area (TPSA) is 55.1 Å². The Kier molecular flexibility index (Phi) is 6.35.